The van der Waals surface area contributed by atoms with E-state index in [0.717, 1.165) is 6.42 Å². The summed E-state index contributed by atoms with van der Waals surface area (Å²) in [6.45, 7) is 5.46. The van der Waals surface area contributed by atoms with Crippen molar-refractivity contribution < 1.29 is 24.5 Å². The van der Waals surface area contributed by atoms with Crippen LogP contribution in [0.15, 0.2) is 16.3 Å². The number of aliphatic hydroxyl groups is 2. The Balaban J connectivity index is 3.40. The fourth-order valence-electron chi connectivity index (χ4n) is 2.82. The summed E-state index contributed by atoms with van der Waals surface area (Å²) in [7, 11) is 1.26. The summed E-state index contributed by atoms with van der Waals surface area (Å²) < 4.78 is 4.78. The van der Waals surface area contributed by atoms with Crippen LogP contribution in [-0.2, 0) is 14.3 Å². The van der Waals surface area contributed by atoms with E-state index in [9.17, 15) is 14.7 Å². The number of methoxy groups -OCH3 is 1. The maximum atomic E-state index is 12.4. The zero-order valence-electron chi connectivity index (χ0n) is 13.7. The maximum absolute atomic E-state index is 12.4. The number of allylic oxidation sites excluding steroid dienone is 1. The van der Waals surface area contributed by atoms with Gasteiger partial charge >= 0.3 is 5.97 Å². The highest BCUT2D eigenvalue weighted by Gasteiger charge is 2.47. The van der Waals surface area contributed by atoms with Crippen LogP contribution in [0.25, 0.3) is 0 Å². The number of Topliss-reactive ketones (excluding diaryl/α,β-unsaturated/α-hetero) is 1. The van der Waals surface area contributed by atoms with E-state index in [1.54, 1.807) is 13.8 Å². The monoisotopic (exact) mass is 311 g/mol. The highest BCUT2D eigenvalue weighted by molar-refractivity contribution is 6.23. The molecule has 2 N–H and O–H groups in total. The highest BCUT2D eigenvalue weighted by Crippen LogP contribution is 2.42. The van der Waals surface area contributed by atoms with Gasteiger partial charge in [0.15, 0.2) is 5.78 Å². The molecule has 1 unspecified atom stereocenters. The number of esters is 1. The van der Waals surface area contributed by atoms with Crippen LogP contribution in [0.3, 0.4) is 0 Å². The van der Waals surface area contributed by atoms with Crippen molar-refractivity contribution in [3.63, 3.8) is 0 Å². The first kappa shape index (κ1) is 18.4. The molecular weight excluding hydrogens is 286 g/mol. The molecule has 0 aromatic heterocycles. The molecule has 0 bridgehead atoms. The molecule has 1 rings (SSSR count). The third-order valence-corrected chi connectivity index (χ3v) is 3.82. The Hall–Kier alpha value is -1.69. The van der Waals surface area contributed by atoms with E-state index >= 15 is 0 Å². The lowest BCUT2D eigenvalue weighted by Crippen LogP contribution is -2.41. The van der Waals surface area contributed by atoms with E-state index in [1.165, 1.54) is 7.11 Å². The smallest absolute Gasteiger partial charge is 0.316 e. The number of ether oxygens (including phenoxy) is 1. The minimum atomic E-state index is -0.888. The predicted octanol–water partition coefficient (Wildman–Crippen LogP) is 1.82. The normalized spacial score (nSPS) is 22.0. The number of carbonyl (C=O) groups excluding carboxylic acids is 2. The summed E-state index contributed by atoms with van der Waals surface area (Å²) >= 11 is 0. The third-order valence-electron chi connectivity index (χ3n) is 3.82. The molecule has 1 aliphatic rings. The molecule has 0 aromatic rings. The Morgan fingerprint density at radius 2 is 2.09 bits per heavy atom. The van der Waals surface area contributed by atoms with Crippen LogP contribution >= 0.6 is 0 Å². The number of hydrogen-bond acceptors (Lipinski definition) is 6. The van der Waals surface area contributed by atoms with Gasteiger partial charge in [0.2, 0.25) is 0 Å². The number of ketones is 1. The van der Waals surface area contributed by atoms with Crippen LogP contribution in [0.1, 0.15) is 40.0 Å². The van der Waals surface area contributed by atoms with Gasteiger partial charge in [-0.25, -0.2) is 0 Å². The summed E-state index contributed by atoms with van der Waals surface area (Å²) in [5.74, 6) is -1.95. The fourth-order valence-corrected chi connectivity index (χ4v) is 2.82. The molecule has 22 heavy (non-hydrogen) atoms. The van der Waals surface area contributed by atoms with Crippen molar-refractivity contribution in [3.05, 3.63) is 11.3 Å². The van der Waals surface area contributed by atoms with E-state index in [1.807, 2.05) is 6.92 Å². The second kappa shape index (κ2) is 7.54. The third kappa shape index (κ3) is 3.74. The molecule has 1 atom stereocenters. The average Bonchev–Trinajstić information content (AvgIpc) is 2.42. The molecule has 0 amide bonds. The van der Waals surface area contributed by atoms with Crippen LogP contribution in [0, 0.1) is 11.3 Å². The number of aliphatic imine (C=N–C) groups is 1. The lowest BCUT2D eigenvalue weighted by Gasteiger charge is -2.36. The lowest BCUT2D eigenvalue weighted by atomic mass is 9.67. The zero-order valence-corrected chi connectivity index (χ0v) is 13.7. The molecule has 0 aromatic carbocycles. The molecule has 1 aliphatic carbocycles. The first-order chi connectivity index (χ1) is 10.3. The van der Waals surface area contributed by atoms with E-state index < -0.39 is 17.3 Å². The van der Waals surface area contributed by atoms with Gasteiger partial charge in [-0.3, -0.25) is 14.6 Å². The first-order valence-electron chi connectivity index (χ1n) is 7.48. The molecule has 0 radical (unpaired) electrons. The predicted molar refractivity (Wildman–Crippen MR) is 82.9 cm³/mol. The van der Waals surface area contributed by atoms with Gasteiger partial charge < -0.3 is 14.9 Å². The van der Waals surface area contributed by atoms with Crippen molar-refractivity contribution in [1.29, 1.82) is 0 Å². The number of aliphatic hydroxyl groups excluding tert-OH is 2. The van der Waals surface area contributed by atoms with Crippen molar-refractivity contribution in [2.75, 3.05) is 20.3 Å². The summed E-state index contributed by atoms with van der Waals surface area (Å²) in [5.41, 5.74) is -0.153. The highest BCUT2D eigenvalue weighted by atomic mass is 16.5. The number of carbonyl (C=O) groups is 2. The second-order valence-corrected chi connectivity index (χ2v) is 6.11. The summed E-state index contributed by atoms with van der Waals surface area (Å²) in [6.07, 6.45) is 1.37. The van der Waals surface area contributed by atoms with Crippen molar-refractivity contribution in [1.82, 2.24) is 0 Å². The number of nitrogens with zero attached hydrogens (tertiary/aromatic N) is 1. The molecule has 0 saturated heterocycles. The minimum absolute atomic E-state index is 0.116. The molecule has 0 fully saturated rings. The van der Waals surface area contributed by atoms with Gasteiger partial charge in [-0.2, -0.15) is 0 Å². The van der Waals surface area contributed by atoms with Gasteiger partial charge in [0, 0.05) is 12.1 Å². The number of rotatable bonds is 6. The fraction of sp³-hybridized carbons (Fsp3) is 0.688. The molecule has 0 saturated carbocycles. The van der Waals surface area contributed by atoms with Gasteiger partial charge in [-0.05, 0) is 11.8 Å². The summed E-state index contributed by atoms with van der Waals surface area (Å²) in [4.78, 5) is 28.7. The molecule has 124 valence electrons. The molecule has 6 nitrogen and oxygen atoms in total. The Labute approximate surface area is 130 Å². The molecule has 0 heterocycles. The summed E-state index contributed by atoms with van der Waals surface area (Å²) in [5, 5.41) is 19.5. The van der Waals surface area contributed by atoms with Gasteiger partial charge in [0.1, 0.15) is 11.7 Å². The average molecular weight is 311 g/mol. The quantitative estimate of drug-likeness (QED) is 0.576. The molecule has 0 aliphatic heterocycles. The molecular formula is C16H25NO5. The first-order valence-corrected chi connectivity index (χ1v) is 7.48. The zero-order chi connectivity index (χ0) is 16.9. The van der Waals surface area contributed by atoms with Crippen LogP contribution in [0.2, 0.25) is 0 Å². The van der Waals surface area contributed by atoms with Gasteiger partial charge in [-0.1, -0.05) is 27.2 Å². The lowest BCUT2D eigenvalue weighted by molar-refractivity contribution is -0.150. The van der Waals surface area contributed by atoms with Crippen molar-refractivity contribution >= 4 is 17.5 Å². The standard InChI is InChI=1S/C16H25NO5/c1-5-6-10(17-7-8-18)12-11(19)9-16(2,3)13(14(12)20)15(21)22-4/h13,18,20H,5-9H2,1-4H3. The Morgan fingerprint density at radius 3 is 2.59 bits per heavy atom. The van der Waals surface area contributed by atoms with E-state index in [2.05, 4.69) is 4.99 Å². The van der Waals surface area contributed by atoms with Crippen molar-refractivity contribution in [2.45, 2.75) is 40.0 Å². The number of hydrogen-bond donors (Lipinski definition) is 2. The Bertz CT molecular complexity index is 505. The van der Waals surface area contributed by atoms with E-state index in [4.69, 9.17) is 9.84 Å². The Morgan fingerprint density at radius 1 is 1.45 bits per heavy atom. The van der Waals surface area contributed by atoms with Gasteiger partial charge in [-0.15, -0.1) is 0 Å². The molecule has 0 spiro atoms. The van der Waals surface area contributed by atoms with Crippen LogP contribution < -0.4 is 0 Å². The van der Waals surface area contributed by atoms with Crippen LogP contribution in [0.5, 0.6) is 0 Å². The minimum Gasteiger partial charge on any atom is -0.511 e. The molecule has 6 heteroatoms. The maximum Gasteiger partial charge on any atom is 0.316 e. The van der Waals surface area contributed by atoms with Gasteiger partial charge in [0.05, 0.1) is 25.8 Å². The van der Waals surface area contributed by atoms with Crippen LogP contribution in [-0.4, -0.2) is 47.9 Å². The SMILES string of the molecule is CCCC(=NCCO)C1=C(O)C(C(=O)OC)C(C)(C)CC1=O. The largest absolute Gasteiger partial charge is 0.511 e. The van der Waals surface area contributed by atoms with E-state index in [0.29, 0.717) is 12.1 Å². The van der Waals surface area contributed by atoms with Crippen LogP contribution in [0.4, 0.5) is 0 Å². The Kier molecular flexibility index (Phi) is 6.29. The second-order valence-electron chi connectivity index (χ2n) is 6.11. The van der Waals surface area contributed by atoms with Crippen molar-refractivity contribution in [3.8, 4) is 0 Å². The summed E-state index contributed by atoms with van der Waals surface area (Å²) in [6, 6.07) is 0. The van der Waals surface area contributed by atoms with Crippen molar-refractivity contribution in [2.24, 2.45) is 16.3 Å². The van der Waals surface area contributed by atoms with Gasteiger partial charge in [0.25, 0.3) is 0 Å². The topological polar surface area (TPSA) is 96.2 Å². The van der Waals surface area contributed by atoms with E-state index in [-0.39, 0.29) is 36.7 Å².